The van der Waals surface area contributed by atoms with Crippen LogP contribution in [0, 0.1) is 11.8 Å². The van der Waals surface area contributed by atoms with Crippen LogP contribution in [0.3, 0.4) is 0 Å². The van der Waals surface area contributed by atoms with Gasteiger partial charge in [0.1, 0.15) is 5.75 Å². The zero-order valence-corrected chi connectivity index (χ0v) is 21.1. The van der Waals surface area contributed by atoms with Gasteiger partial charge in [-0.25, -0.2) is 0 Å². The molecule has 0 bridgehead atoms. The minimum atomic E-state index is -0.733. The predicted octanol–water partition coefficient (Wildman–Crippen LogP) is 5.00. The fourth-order valence-corrected chi connectivity index (χ4v) is 5.73. The summed E-state index contributed by atoms with van der Waals surface area (Å²) < 4.78 is 5.59. The molecule has 0 saturated carbocycles. The first-order chi connectivity index (χ1) is 15.7. The number of hydrogen-bond acceptors (Lipinski definition) is 6. The Bertz CT molecular complexity index is 930. The molecule has 1 aliphatic rings. The first-order valence-corrected chi connectivity index (χ1v) is 12.8. The number of thioether (sulfide) groups is 1. The van der Waals surface area contributed by atoms with Crippen LogP contribution in [-0.2, 0) is 4.79 Å². The van der Waals surface area contributed by atoms with Crippen molar-refractivity contribution in [1.29, 1.82) is 0 Å². The van der Waals surface area contributed by atoms with Gasteiger partial charge in [-0.2, -0.15) is 11.8 Å². The molecule has 7 heteroatoms. The highest BCUT2D eigenvalue weighted by molar-refractivity contribution is 8.00. The minimum Gasteiger partial charge on any atom is -0.497 e. The Morgan fingerprint density at radius 1 is 1.30 bits per heavy atom. The van der Waals surface area contributed by atoms with Gasteiger partial charge in [-0.15, -0.1) is 0 Å². The molecule has 3 atom stereocenters. The van der Waals surface area contributed by atoms with Crippen molar-refractivity contribution in [2.45, 2.75) is 57.3 Å². The van der Waals surface area contributed by atoms with E-state index >= 15 is 0 Å². The van der Waals surface area contributed by atoms with Crippen molar-refractivity contribution in [3.8, 4) is 5.75 Å². The molecule has 2 N–H and O–H groups in total. The van der Waals surface area contributed by atoms with Gasteiger partial charge in [0.15, 0.2) is 0 Å². The standard InChI is InChI=1S/C26H38N2O4S/c1-26(2,3)33-14-13-28-12-10-18(19(17-28)15-25(30)31)5-8-24(29)21-9-11-27-23-7-6-20(32-4)16-22(21)23/h6-7,9,11,16,18-19,24,29H,5,8,10,12-15,17H2,1-4H3,(H,30,31)/t18-,19+,24+/m1/s1. The molecule has 1 fully saturated rings. The van der Waals surface area contributed by atoms with Gasteiger partial charge < -0.3 is 19.8 Å². The molecule has 6 nitrogen and oxygen atoms in total. The number of ether oxygens (including phenoxy) is 1. The van der Waals surface area contributed by atoms with Crippen molar-refractivity contribution >= 4 is 28.6 Å². The van der Waals surface area contributed by atoms with Crippen LogP contribution in [-0.4, -0.2) is 63.3 Å². The Kier molecular flexibility index (Phi) is 9.02. The lowest BCUT2D eigenvalue weighted by atomic mass is 9.79. The molecule has 0 aliphatic carbocycles. The molecule has 2 aromatic rings. The van der Waals surface area contributed by atoms with Crippen LogP contribution in [0.5, 0.6) is 5.75 Å². The largest absolute Gasteiger partial charge is 0.497 e. The number of piperidine rings is 1. The number of methoxy groups -OCH3 is 1. The summed E-state index contributed by atoms with van der Waals surface area (Å²) in [7, 11) is 1.63. The van der Waals surface area contributed by atoms with Crippen molar-refractivity contribution in [1.82, 2.24) is 9.88 Å². The third-order valence-corrected chi connectivity index (χ3v) is 7.76. The number of carbonyl (C=O) groups is 1. The van der Waals surface area contributed by atoms with Crippen LogP contribution < -0.4 is 4.74 Å². The zero-order valence-electron chi connectivity index (χ0n) is 20.3. The van der Waals surface area contributed by atoms with E-state index in [0.29, 0.717) is 12.3 Å². The number of aliphatic hydroxyl groups excluding tert-OH is 1. The third kappa shape index (κ3) is 7.59. The topological polar surface area (TPSA) is 82.9 Å². The van der Waals surface area contributed by atoms with E-state index in [9.17, 15) is 15.0 Å². The molecule has 0 spiro atoms. The third-order valence-electron chi connectivity index (χ3n) is 6.51. The molecule has 182 valence electrons. The van der Waals surface area contributed by atoms with Gasteiger partial charge >= 0.3 is 5.97 Å². The van der Waals surface area contributed by atoms with Crippen molar-refractivity contribution in [2.75, 3.05) is 32.5 Å². The van der Waals surface area contributed by atoms with E-state index < -0.39 is 12.1 Å². The number of aromatic nitrogens is 1. The van der Waals surface area contributed by atoms with E-state index in [2.05, 4.69) is 30.7 Å². The maximum Gasteiger partial charge on any atom is 0.303 e. The number of benzene rings is 1. The van der Waals surface area contributed by atoms with E-state index in [1.807, 2.05) is 36.0 Å². The van der Waals surface area contributed by atoms with Crippen LogP contribution in [0.15, 0.2) is 30.5 Å². The molecule has 1 aromatic carbocycles. The van der Waals surface area contributed by atoms with Gasteiger partial charge in [0.25, 0.3) is 0 Å². The maximum absolute atomic E-state index is 11.5. The number of aliphatic hydroxyl groups is 1. The summed E-state index contributed by atoms with van der Waals surface area (Å²) >= 11 is 1.95. The molecule has 0 radical (unpaired) electrons. The average molecular weight is 475 g/mol. The van der Waals surface area contributed by atoms with E-state index in [4.69, 9.17) is 4.74 Å². The van der Waals surface area contributed by atoms with Gasteiger partial charge in [-0.05, 0) is 67.5 Å². The second-order valence-electron chi connectivity index (χ2n) is 10.0. The van der Waals surface area contributed by atoms with E-state index in [1.165, 1.54) is 0 Å². The number of pyridine rings is 1. The second-order valence-corrected chi connectivity index (χ2v) is 12.0. The van der Waals surface area contributed by atoms with Crippen LogP contribution in [0.2, 0.25) is 0 Å². The van der Waals surface area contributed by atoms with Gasteiger partial charge in [0.05, 0.1) is 18.7 Å². The first kappa shape index (κ1) is 25.8. The SMILES string of the molecule is COc1ccc2nccc([C@@H](O)CC[C@@H]3CCN(CCSC(C)(C)C)C[C@@H]3CC(=O)O)c2c1. The monoisotopic (exact) mass is 474 g/mol. The molecule has 3 rings (SSSR count). The van der Waals surface area contributed by atoms with Crippen molar-refractivity contribution in [3.63, 3.8) is 0 Å². The number of hydrogen-bond donors (Lipinski definition) is 2. The Labute approximate surface area is 201 Å². The molecule has 2 heterocycles. The fraction of sp³-hybridized carbons (Fsp3) is 0.615. The van der Waals surface area contributed by atoms with E-state index in [0.717, 1.165) is 60.4 Å². The Morgan fingerprint density at radius 3 is 2.79 bits per heavy atom. The molecule has 0 unspecified atom stereocenters. The lowest BCUT2D eigenvalue weighted by molar-refractivity contribution is -0.139. The number of nitrogens with zero attached hydrogens (tertiary/aromatic N) is 2. The summed E-state index contributed by atoms with van der Waals surface area (Å²) in [5.74, 6) is 1.50. The smallest absolute Gasteiger partial charge is 0.303 e. The van der Waals surface area contributed by atoms with Crippen LogP contribution in [0.25, 0.3) is 10.9 Å². The number of rotatable bonds is 10. The summed E-state index contributed by atoms with van der Waals surface area (Å²) in [5, 5.41) is 21.4. The number of carboxylic acid groups (broad SMARTS) is 1. The number of fused-ring (bicyclic) bond motifs is 1. The summed E-state index contributed by atoms with van der Waals surface area (Å²) in [6.45, 7) is 9.50. The van der Waals surface area contributed by atoms with Crippen molar-refractivity contribution in [3.05, 3.63) is 36.0 Å². The van der Waals surface area contributed by atoms with E-state index in [-0.39, 0.29) is 17.1 Å². The van der Waals surface area contributed by atoms with Gasteiger partial charge in [-0.3, -0.25) is 9.78 Å². The minimum absolute atomic E-state index is 0.123. The van der Waals surface area contributed by atoms with Crippen molar-refractivity contribution < 1.29 is 19.7 Å². The lowest BCUT2D eigenvalue weighted by Crippen LogP contribution is -2.42. The molecule has 1 saturated heterocycles. The molecule has 1 aliphatic heterocycles. The number of likely N-dealkylation sites (tertiary alicyclic amines) is 1. The highest BCUT2D eigenvalue weighted by atomic mass is 32.2. The number of carboxylic acids is 1. The van der Waals surface area contributed by atoms with Gasteiger partial charge in [0.2, 0.25) is 0 Å². The number of aliphatic carboxylic acids is 1. The van der Waals surface area contributed by atoms with Gasteiger partial charge in [-0.1, -0.05) is 20.8 Å². The quantitative estimate of drug-likeness (QED) is 0.501. The summed E-state index contributed by atoms with van der Waals surface area (Å²) in [5.41, 5.74) is 1.68. The Morgan fingerprint density at radius 2 is 2.09 bits per heavy atom. The highest BCUT2D eigenvalue weighted by Crippen LogP contribution is 2.35. The Hall–Kier alpha value is -1.83. The Balaban J connectivity index is 1.62. The predicted molar refractivity (Wildman–Crippen MR) is 135 cm³/mol. The maximum atomic E-state index is 11.5. The highest BCUT2D eigenvalue weighted by Gasteiger charge is 2.31. The molecule has 0 amide bonds. The summed E-state index contributed by atoms with van der Waals surface area (Å²) in [4.78, 5) is 18.4. The normalized spacial score (nSPS) is 20.6. The zero-order chi connectivity index (χ0) is 24.0. The molecule has 1 aromatic heterocycles. The molecular formula is C26H38N2O4S. The lowest BCUT2D eigenvalue weighted by Gasteiger charge is -2.38. The first-order valence-electron chi connectivity index (χ1n) is 11.8. The van der Waals surface area contributed by atoms with Crippen LogP contribution in [0.1, 0.15) is 58.1 Å². The second kappa shape index (κ2) is 11.5. The summed E-state index contributed by atoms with van der Waals surface area (Å²) in [6, 6.07) is 7.57. The van der Waals surface area contributed by atoms with Crippen LogP contribution in [0.4, 0.5) is 0 Å². The van der Waals surface area contributed by atoms with Gasteiger partial charge in [0, 0.05) is 41.6 Å². The van der Waals surface area contributed by atoms with Crippen LogP contribution >= 0.6 is 11.8 Å². The molecule has 33 heavy (non-hydrogen) atoms. The summed E-state index contributed by atoms with van der Waals surface area (Å²) in [6.07, 6.45) is 3.71. The van der Waals surface area contributed by atoms with Crippen molar-refractivity contribution in [2.24, 2.45) is 11.8 Å². The average Bonchev–Trinajstić information content (AvgIpc) is 2.76. The fourth-order valence-electron chi connectivity index (χ4n) is 4.77. The molecular weight excluding hydrogens is 436 g/mol. The van der Waals surface area contributed by atoms with E-state index in [1.54, 1.807) is 13.3 Å².